The molecule has 1 saturated heterocycles. The van der Waals surface area contributed by atoms with Crippen LogP contribution in [0.1, 0.15) is 12.1 Å². The van der Waals surface area contributed by atoms with Gasteiger partial charge in [0.2, 0.25) is 0 Å². The van der Waals surface area contributed by atoms with Gasteiger partial charge in [-0.3, -0.25) is 5.43 Å². The number of aromatic nitrogens is 1. The van der Waals surface area contributed by atoms with Crippen molar-refractivity contribution >= 4 is 34.4 Å². The molecule has 28 heavy (non-hydrogen) atoms. The number of halogens is 1. The van der Waals surface area contributed by atoms with Crippen LogP contribution in [0, 0.1) is 5.82 Å². The number of fused-ring (bicyclic) bond motifs is 1. The number of nitrogens with one attached hydrogen (secondary N) is 1. The van der Waals surface area contributed by atoms with Crippen molar-refractivity contribution in [1.29, 1.82) is 0 Å². The molecule has 0 saturated carbocycles. The lowest BCUT2D eigenvalue weighted by atomic mass is 10.1. The summed E-state index contributed by atoms with van der Waals surface area (Å²) in [4.78, 5) is 8.43. The fourth-order valence-electron chi connectivity index (χ4n) is 3.34. The van der Waals surface area contributed by atoms with Crippen LogP contribution in [0.4, 0.5) is 15.8 Å². The molecule has 9 heteroatoms. The minimum Gasteiger partial charge on any atom is -0.491 e. The summed E-state index contributed by atoms with van der Waals surface area (Å²) in [5.41, 5.74) is 12.1. The highest BCUT2D eigenvalue weighted by atomic mass is 32.1. The number of hydrogen-bond donors (Lipinski definition) is 2. The number of para-hydroxylation sites is 2. The maximum Gasteiger partial charge on any atom is 0.189 e. The molecule has 0 aliphatic carbocycles. The number of benzene rings is 1. The number of rotatable bonds is 2. The summed E-state index contributed by atoms with van der Waals surface area (Å²) in [6, 6.07) is 9.20. The topological polar surface area (TPSA) is 79.0 Å². The van der Waals surface area contributed by atoms with Crippen LogP contribution in [0.25, 0.3) is 0 Å². The highest BCUT2D eigenvalue weighted by Gasteiger charge is 2.22. The zero-order valence-corrected chi connectivity index (χ0v) is 16.1. The van der Waals surface area contributed by atoms with Crippen molar-refractivity contribution in [3.05, 3.63) is 48.0 Å². The molecule has 1 aromatic heterocycles. The summed E-state index contributed by atoms with van der Waals surface area (Å²) in [5.74, 6) is -0.0211. The molecular formula is C19H21FN6OS. The van der Waals surface area contributed by atoms with Crippen molar-refractivity contribution in [2.75, 3.05) is 43.4 Å². The molecule has 0 radical (unpaired) electrons. The van der Waals surface area contributed by atoms with Gasteiger partial charge in [-0.05, 0) is 24.4 Å². The lowest BCUT2D eigenvalue weighted by molar-refractivity contribution is 0.316. The van der Waals surface area contributed by atoms with Crippen LogP contribution >= 0.6 is 12.2 Å². The standard InChI is InChI=1S/C19H21FN6OS/c20-13-11-17-18(22-12-13)15(5-10-27-17)23-24-19(28)26-8-6-25(7-9-26)16-4-2-1-3-14(16)21/h1-4,11-12H,5-10,21H2,(H,24,28)/b23-15-. The first-order valence-corrected chi connectivity index (χ1v) is 9.52. The van der Waals surface area contributed by atoms with Gasteiger partial charge in [0.05, 0.1) is 29.9 Å². The van der Waals surface area contributed by atoms with E-state index in [1.165, 1.54) is 6.07 Å². The number of hydrazone groups is 1. The second-order valence-electron chi connectivity index (χ2n) is 6.61. The van der Waals surface area contributed by atoms with E-state index < -0.39 is 5.82 Å². The smallest absolute Gasteiger partial charge is 0.189 e. The largest absolute Gasteiger partial charge is 0.491 e. The number of hydrogen-bond acceptors (Lipinski definition) is 6. The summed E-state index contributed by atoms with van der Waals surface area (Å²) in [7, 11) is 0. The van der Waals surface area contributed by atoms with Crippen molar-refractivity contribution in [2.45, 2.75) is 6.42 Å². The summed E-state index contributed by atoms with van der Waals surface area (Å²) in [6.45, 7) is 3.62. The first kappa shape index (κ1) is 18.4. The molecule has 0 spiro atoms. The Labute approximate surface area is 168 Å². The first-order chi connectivity index (χ1) is 13.6. The van der Waals surface area contributed by atoms with E-state index in [2.05, 4.69) is 25.3 Å². The van der Waals surface area contributed by atoms with E-state index in [4.69, 9.17) is 22.7 Å². The van der Waals surface area contributed by atoms with Gasteiger partial charge < -0.3 is 20.3 Å². The number of pyridine rings is 1. The van der Waals surface area contributed by atoms with Crippen molar-refractivity contribution in [3.8, 4) is 5.75 Å². The summed E-state index contributed by atoms with van der Waals surface area (Å²) in [6.07, 6.45) is 1.75. The second-order valence-corrected chi connectivity index (χ2v) is 6.99. The molecule has 1 fully saturated rings. The Morgan fingerprint density at radius 3 is 2.82 bits per heavy atom. The molecule has 3 N–H and O–H groups in total. The normalized spacial score (nSPS) is 17.8. The minimum absolute atomic E-state index is 0.409. The predicted molar refractivity (Wildman–Crippen MR) is 111 cm³/mol. The Morgan fingerprint density at radius 1 is 1.25 bits per heavy atom. The van der Waals surface area contributed by atoms with Gasteiger partial charge in [-0.1, -0.05) is 12.1 Å². The summed E-state index contributed by atoms with van der Waals surface area (Å²) < 4.78 is 18.8. The third kappa shape index (κ3) is 3.84. The fourth-order valence-corrected chi connectivity index (χ4v) is 3.57. The van der Waals surface area contributed by atoms with Crippen molar-refractivity contribution in [2.24, 2.45) is 5.10 Å². The molecule has 4 rings (SSSR count). The number of anilines is 2. The Balaban J connectivity index is 1.37. The number of nitrogens with zero attached hydrogens (tertiary/aromatic N) is 4. The Bertz CT molecular complexity index is 913. The van der Waals surface area contributed by atoms with Crippen LogP contribution < -0.4 is 20.8 Å². The maximum atomic E-state index is 13.3. The van der Waals surface area contributed by atoms with E-state index in [1.807, 2.05) is 24.3 Å². The van der Waals surface area contributed by atoms with Crippen LogP contribution in [0.3, 0.4) is 0 Å². The molecule has 3 heterocycles. The van der Waals surface area contributed by atoms with E-state index in [0.29, 0.717) is 35.3 Å². The van der Waals surface area contributed by atoms with Gasteiger partial charge in [-0.2, -0.15) is 5.10 Å². The molecule has 0 unspecified atom stereocenters. The first-order valence-electron chi connectivity index (χ1n) is 9.11. The predicted octanol–water partition coefficient (Wildman–Crippen LogP) is 1.99. The van der Waals surface area contributed by atoms with Gasteiger partial charge >= 0.3 is 0 Å². The minimum atomic E-state index is -0.430. The van der Waals surface area contributed by atoms with E-state index in [9.17, 15) is 4.39 Å². The van der Waals surface area contributed by atoms with Gasteiger partial charge in [0.25, 0.3) is 0 Å². The molecule has 7 nitrogen and oxygen atoms in total. The zero-order chi connectivity index (χ0) is 19.5. The highest BCUT2D eigenvalue weighted by Crippen LogP contribution is 2.24. The van der Waals surface area contributed by atoms with Crippen molar-refractivity contribution < 1.29 is 9.13 Å². The molecule has 2 aromatic rings. The zero-order valence-electron chi connectivity index (χ0n) is 15.3. The number of thiocarbonyl (C=S) groups is 1. The van der Waals surface area contributed by atoms with E-state index in [-0.39, 0.29) is 0 Å². The Kier molecular flexibility index (Phi) is 5.25. The molecule has 0 bridgehead atoms. The Hall–Kier alpha value is -2.94. The summed E-state index contributed by atoms with van der Waals surface area (Å²) in [5, 5.41) is 4.96. The van der Waals surface area contributed by atoms with Gasteiger partial charge in [0.1, 0.15) is 17.3 Å². The lowest BCUT2D eigenvalue weighted by Crippen LogP contribution is -2.51. The average molecular weight is 400 g/mol. The number of piperazine rings is 1. The number of nitrogens with two attached hydrogens (primary N) is 1. The fraction of sp³-hybridized carbons (Fsp3) is 0.316. The molecule has 0 atom stereocenters. The van der Waals surface area contributed by atoms with Gasteiger partial charge in [-0.25, -0.2) is 9.37 Å². The van der Waals surface area contributed by atoms with E-state index in [0.717, 1.165) is 43.8 Å². The van der Waals surface area contributed by atoms with Gasteiger partial charge in [-0.15, -0.1) is 0 Å². The number of ether oxygens (including phenoxy) is 1. The third-order valence-corrected chi connectivity index (χ3v) is 5.17. The Morgan fingerprint density at radius 2 is 2.04 bits per heavy atom. The molecule has 1 aromatic carbocycles. The van der Waals surface area contributed by atoms with Gasteiger partial charge in [0, 0.05) is 38.7 Å². The van der Waals surface area contributed by atoms with E-state index >= 15 is 0 Å². The maximum absolute atomic E-state index is 13.3. The van der Waals surface area contributed by atoms with Crippen molar-refractivity contribution in [3.63, 3.8) is 0 Å². The SMILES string of the molecule is Nc1ccccc1N1CCN(C(=S)N/N=C2/CCOc3cc(F)cnc32)CC1. The van der Waals surface area contributed by atoms with Crippen LogP contribution in [0.2, 0.25) is 0 Å². The molecule has 0 amide bonds. The molecular weight excluding hydrogens is 379 g/mol. The van der Waals surface area contributed by atoms with Crippen LogP contribution in [0.15, 0.2) is 41.6 Å². The average Bonchev–Trinajstić information content (AvgIpc) is 2.72. The summed E-state index contributed by atoms with van der Waals surface area (Å²) >= 11 is 5.50. The van der Waals surface area contributed by atoms with Crippen molar-refractivity contribution in [1.82, 2.24) is 15.3 Å². The monoisotopic (exact) mass is 400 g/mol. The molecule has 2 aliphatic heterocycles. The lowest BCUT2D eigenvalue weighted by Gasteiger charge is -2.37. The van der Waals surface area contributed by atoms with E-state index in [1.54, 1.807) is 0 Å². The van der Waals surface area contributed by atoms with Gasteiger partial charge in [0.15, 0.2) is 5.11 Å². The second kappa shape index (κ2) is 7.97. The highest BCUT2D eigenvalue weighted by molar-refractivity contribution is 7.80. The number of nitrogen functional groups attached to an aromatic ring is 1. The quantitative estimate of drug-likeness (QED) is 0.453. The molecule has 146 valence electrons. The molecule has 2 aliphatic rings. The van der Waals surface area contributed by atoms with Crippen LogP contribution in [-0.2, 0) is 0 Å². The van der Waals surface area contributed by atoms with Crippen LogP contribution in [-0.4, -0.2) is 53.5 Å². The third-order valence-electron chi connectivity index (χ3n) is 4.82. The van der Waals surface area contributed by atoms with Crippen LogP contribution in [0.5, 0.6) is 5.75 Å².